The summed E-state index contributed by atoms with van der Waals surface area (Å²) in [7, 11) is 7.30. The van der Waals surface area contributed by atoms with Crippen LogP contribution in [0.3, 0.4) is 0 Å². The van der Waals surface area contributed by atoms with Crippen LogP contribution in [0.2, 0.25) is 0 Å². The Bertz CT molecular complexity index is 652. The van der Waals surface area contributed by atoms with E-state index in [2.05, 4.69) is 27.6 Å². The normalized spacial score (nSPS) is 10.6. The molecule has 5 heteroatoms. The molecule has 0 saturated heterocycles. The molecule has 0 saturated carbocycles. The molecule has 0 aliphatic heterocycles. The third-order valence-electron chi connectivity index (χ3n) is 3.45. The van der Waals surface area contributed by atoms with Gasteiger partial charge in [-0.2, -0.15) is 5.10 Å². The van der Waals surface area contributed by atoms with Crippen LogP contribution < -0.4 is 19.8 Å². The van der Waals surface area contributed by atoms with Crippen molar-refractivity contribution in [2.45, 2.75) is 6.54 Å². The molecule has 0 unspecified atom stereocenters. The van der Waals surface area contributed by atoms with Crippen molar-refractivity contribution < 1.29 is 9.47 Å². The van der Waals surface area contributed by atoms with Gasteiger partial charge in [0, 0.05) is 19.8 Å². The fourth-order valence-electron chi connectivity index (χ4n) is 2.11. The van der Waals surface area contributed by atoms with E-state index in [-0.39, 0.29) is 0 Å². The standard InChI is InChI=1S/C18H23N3O2/c1-21(2)16-8-5-14(6-9-16)12-19-20-13-15-7-10-17(22-3)18(11-15)23-4/h5-12,20H,13H2,1-4H3/b19-12-. The lowest BCUT2D eigenvalue weighted by atomic mass is 10.2. The van der Waals surface area contributed by atoms with E-state index in [9.17, 15) is 0 Å². The van der Waals surface area contributed by atoms with Crippen molar-refractivity contribution in [2.24, 2.45) is 5.10 Å². The predicted molar refractivity (Wildman–Crippen MR) is 94.7 cm³/mol. The molecule has 0 spiro atoms. The molecule has 122 valence electrons. The fourth-order valence-corrected chi connectivity index (χ4v) is 2.11. The van der Waals surface area contributed by atoms with Crippen molar-refractivity contribution in [2.75, 3.05) is 33.2 Å². The zero-order valence-electron chi connectivity index (χ0n) is 14.0. The van der Waals surface area contributed by atoms with Crippen molar-refractivity contribution in [1.82, 2.24) is 5.43 Å². The number of hydrogen-bond acceptors (Lipinski definition) is 5. The maximum absolute atomic E-state index is 5.29. The summed E-state index contributed by atoms with van der Waals surface area (Å²) in [4.78, 5) is 2.07. The summed E-state index contributed by atoms with van der Waals surface area (Å²) in [5.74, 6) is 1.44. The van der Waals surface area contributed by atoms with Crippen molar-refractivity contribution in [1.29, 1.82) is 0 Å². The minimum Gasteiger partial charge on any atom is -0.493 e. The Balaban J connectivity index is 1.91. The molecule has 1 N–H and O–H groups in total. The summed E-state index contributed by atoms with van der Waals surface area (Å²) in [6.45, 7) is 0.618. The highest BCUT2D eigenvalue weighted by molar-refractivity contribution is 5.80. The average Bonchev–Trinajstić information content (AvgIpc) is 2.58. The van der Waals surface area contributed by atoms with Crippen LogP contribution in [0.15, 0.2) is 47.6 Å². The van der Waals surface area contributed by atoms with Crippen LogP contribution in [0.4, 0.5) is 5.69 Å². The molecule has 0 aromatic heterocycles. The Morgan fingerprint density at radius 2 is 1.70 bits per heavy atom. The molecule has 2 aromatic rings. The van der Waals surface area contributed by atoms with Gasteiger partial charge in [0.2, 0.25) is 0 Å². The second-order valence-corrected chi connectivity index (χ2v) is 5.27. The SMILES string of the molecule is COc1ccc(CN/N=C\c2ccc(N(C)C)cc2)cc1OC. The smallest absolute Gasteiger partial charge is 0.161 e. The molecule has 0 radical (unpaired) electrons. The summed E-state index contributed by atoms with van der Waals surface area (Å²) >= 11 is 0. The van der Waals surface area contributed by atoms with Crippen molar-refractivity contribution >= 4 is 11.9 Å². The van der Waals surface area contributed by atoms with Crippen molar-refractivity contribution in [3.63, 3.8) is 0 Å². The number of anilines is 1. The number of hydrogen-bond donors (Lipinski definition) is 1. The molecular formula is C18H23N3O2. The number of nitrogens with zero attached hydrogens (tertiary/aromatic N) is 2. The number of benzene rings is 2. The molecule has 0 fully saturated rings. The van der Waals surface area contributed by atoms with Gasteiger partial charge in [0.25, 0.3) is 0 Å². The quantitative estimate of drug-likeness (QED) is 0.631. The van der Waals surface area contributed by atoms with E-state index in [0.717, 1.165) is 22.6 Å². The van der Waals surface area contributed by atoms with E-state index < -0.39 is 0 Å². The second kappa shape index (κ2) is 8.08. The Labute approximate surface area is 137 Å². The lowest BCUT2D eigenvalue weighted by Crippen LogP contribution is -2.08. The Morgan fingerprint density at radius 1 is 1.00 bits per heavy atom. The van der Waals surface area contributed by atoms with Crippen LogP contribution in [-0.4, -0.2) is 34.5 Å². The van der Waals surface area contributed by atoms with Crippen LogP contribution in [-0.2, 0) is 6.54 Å². The molecule has 0 aliphatic carbocycles. The second-order valence-electron chi connectivity index (χ2n) is 5.27. The molecule has 0 aliphatic rings. The highest BCUT2D eigenvalue weighted by atomic mass is 16.5. The third kappa shape index (κ3) is 4.64. The summed E-state index contributed by atoms with van der Waals surface area (Å²) < 4.78 is 10.5. The van der Waals surface area contributed by atoms with E-state index >= 15 is 0 Å². The zero-order valence-corrected chi connectivity index (χ0v) is 14.0. The van der Waals surface area contributed by atoms with Crippen molar-refractivity contribution in [3.05, 3.63) is 53.6 Å². The van der Waals surface area contributed by atoms with Gasteiger partial charge in [0.05, 0.1) is 27.0 Å². The summed E-state index contributed by atoms with van der Waals surface area (Å²) in [5.41, 5.74) is 6.33. The lowest BCUT2D eigenvalue weighted by molar-refractivity contribution is 0.354. The Kier molecular flexibility index (Phi) is 5.86. The van der Waals surface area contributed by atoms with E-state index in [4.69, 9.17) is 9.47 Å². The van der Waals surface area contributed by atoms with Crippen molar-refractivity contribution in [3.8, 4) is 11.5 Å². The van der Waals surface area contributed by atoms with Gasteiger partial charge in [-0.25, -0.2) is 0 Å². The predicted octanol–water partition coefficient (Wildman–Crippen LogP) is 2.89. The average molecular weight is 313 g/mol. The first-order valence-electron chi connectivity index (χ1n) is 7.38. The number of ether oxygens (including phenoxy) is 2. The molecule has 2 rings (SSSR count). The zero-order chi connectivity index (χ0) is 16.7. The number of nitrogens with one attached hydrogen (secondary N) is 1. The first-order valence-corrected chi connectivity index (χ1v) is 7.38. The van der Waals surface area contributed by atoms with E-state index in [1.807, 2.05) is 44.4 Å². The van der Waals surface area contributed by atoms with Crippen LogP contribution >= 0.6 is 0 Å². The number of methoxy groups -OCH3 is 2. The maximum atomic E-state index is 5.29. The van der Waals surface area contributed by atoms with Gasteiger partial charge in [-0.15, -0.1) is 0 Å². The molecular weight excluding hydrogens is 290 g/mol. The molecule has 5 nitrogen and oxygen atoms in total. The molecule has 23 heavy (non-hydrogen) atoms. The van der Waals surface area contributed by atoms with Gasteiger partial charge in [0.15, 0.2) is 11.5 Å². The molecule has 0 heterocycles. The van der Waals surface area contributed by atoms with Gasteiger partial charge in [-0.1, -0.05) is 18.2 Å². The first-order chi connectivity index (χ1) is 11.1. The lowest BCUT2D eigenvalue weighted by Gasteiger charge is -2.11. The molecule has 0 atom stereocenters. The summed E-state index contributed by atoms with van der Waals surface area (Å²) in [6, 6.07) is 14.0. The van der Waals surface area contributed by atoms with Gasteiger partial charge in [-0.05, 0) is 35.4 Å². The maximum Gasteiger partial charge on any atom is 0.161 e. The minimum atomic E-state index is 0.618. The molecule has 0 amide bonds. The number of rotatable bonds is 7. The largest absolute Gasteiger partial charge is 0.493 e. The van der Waals surface area contributed by atoms with Gasteiger partial charge in [0.1, 0.15) is 0 Å². The topological polar surface area (TPSA) is 46.1 Å². The fraction of sp³-hybridized carbons (Fsp3) is 0.278. The highest BCUT2D eigenvalue weighted by Crippen LogP contribution is 2.27. The van der Waals surface area contributed by atoms with Gasteiger partial charge >= 0.3 is 0 Å². The van der Waals surface area contributed by atoms with Crippen LogP contribution in [0.5, 0.6) is 11.5 Å². The van der Waals surface area contributed by atoms with E-state index in [1.54, 1.807) is 20.4 Å². The highest BCUT2D eigenvalue weighted by Gasteiger charge is 2.03. The monoisotopic (exact) mass is 313 g/mol. The van der Waals surface area contributed by atoms with Crippen LogP contribution in [0, 0.1) is 0 Å². The summed E-state index contributed by atoms with van der Waals surface area (Å²) in [5, 5.41) is 4.25. The summed E-state index contributed by atoms with van der Waals surface area (Å²) in [6.07, 6.45) is 1.81. The first kappa shape index (κ1) is 16.7. The minimum absolute atomic E-state index is 0.618. The Hall–Kier alpha value is -2.69. The van der Waals surface area contributed by atoms with Gasteiger partial charge < -0.3 is 19.8 Å². The molecule has 0 bridgehead atoms. The van der Waals surface area contributed by atoms with Crippen LogP contribution in [0.25, 0.3) is 0 Å². The van der Waals surface area contributed by atoms with Gasteiger partial charge in [-0.3, -0.25) is 0 Å². The Morgan fingerprint density at radius 3 is 2.30 bits per heavy atom. The molecule has 2 aromatic carbocycles. The van der Waals surface area contributed by atoms with E-state index in [1.165, 1.54) is 5.69 Å². The number of hydrazone groups is 1. The van der Waals surface area contributed by atoms with E-state index in [0.29, 0.717) is 6.54 Å². The third-order valence-corrected chi connectivity index (χ3v) is 3.45. The van der Waals surface area contributed by atoms with Crippen LogP contribution in [0.1, 0.15) is 11.1 Å².